The summed E-state index contributed by atoms with van der Waals surface area (Å²) in [6.45, 7) is 4.73. The molecule has 0 N–H and O–H groups in total. The van der Waals surface area contributed by atoms with Crippen molar-refractivity contribution in [1.82, 2.24) is 4.31 Å². The number of ether oxygens (including phenoxy) is 2. The van der Waals surface area contributed by atoms with Gasteiger partial charge in [0.15, 0.2) is 0 Å². The van der Waals surface area contributed by atoms with E-state index in [9.17, 15) is 18.0 Å². The first-order valence-electron chi connectivity index (χ1n) is 6.13. The van der Waals surface area contributed by atoms with Crippen molar-refractivity contribution in [2.75, 3.05) is 33.1 Å². The van der Waals surface area contributed by atoms with Crippen LogP contribution in [-0.4, -0.2) is 57.7 Å². The molecule has 8 heteroatoms. The minimum absolute atomic E-state index is 0.148. The van der Waals surface area contributed by atoms with E-state index in [-0.39, 0.29) is 11.2 Å². The summed E-state index contributed by atoms with van der Waals surface area (Å²) < 4.78 is 34.0. The first-order chi connectivity index (χ1) is 9.01. The highest BCUT2D eigenvalue weighted by atomic mass is 32.2. The summed E-state index contributed by atoms with van der Waals surface area (Å²) in [6, 6.07) is 0. The van der Waals surface area contributed by atoms with E-state index >= 15 is 0 Å². The Kier molecular flexibility index (Phi) is 7.15. The molecule has 0 aliphatic rings. The van der Waals surface area contributed by atoms with Crippen molar-refractivity contribution < 1.29 is 27.5 Å². The smallest absolute Gasteiger partial charge is 0.321 e. The molecular formula is C12H23NO6S. The second kappa shape index (κ2) is 7.58. The van der Waals surface area contributed by atoms with Crippen LogP contribution in [0, 0.1) is 5.41 Å². The Morgan fingerprint density at radius 3 is 1.70 bits per heavy atom. The van der Waals surface area contributed by atoms with Crippen LogP contribution in [0.4, 0.5) is 0 Å². The molecule has 0 amide bonds. The molecule has 0 radical (unpaired) electrons. The van der Waals surface area contributed by atoms with Gasteiger partial charge in [-0.15, -0.1) is 0 Å². The van der Waals surface area contributed by atoms with Gasteiger partial charge in [-0.2, -0.15) is 4.31 Å². The molecule has 0 saturated carbocycles. The second-order valence-electron chi connectivity index (χ2n) is 5.55. The molecular weight excluding hydrogens is 286 g/mol. The van der Waals surface area contributed by atoms with Crippen molar-refractivity contribution in [3.63, 3.8) is 0 Å². The van der Waals surface area contributed by atoms with Crippen molar-refractivity contribution in [1.29, 1.82) is 0 Å². The number of carbonyl (C=O) groups excluding carboxylic acids is 2. The Bertz CT molecular complexity index is 419. The lowest BCUT2D eigenvalue weighted by Crippen LogP contribution is -2.41. The molecule has 0 heterocycles. The third kappa shape index (κ3) is 7.44. The highest BCUT2D eigenvalue weighted by Gasteiger charge is 2.28. The molecule has 0 rings (SSSR count). The van der Waals surface area contributed by atoms with Crippen molar-refractivity contribution in [3.8, 4) is 0 Å². The minimum Gasteiger partial charge on any atom is -0.468 e. The van der Waals surface area contributed by atoms with E-state index in [1.165, 1.54) is 0 Å². The molecule has 0 saturated heterocycles. The van der Waals surface area contributed by atoms with E-state index < -0.39 is 35.1 Å². The number of sulfonamides is 1. The van der Waals surface area contributed by atoms with Crippen LogP contribution in [0.5, 0.6) is 0 Å². The van der Waals surface area contributed by atoms with Crippen molar-refractivity contribution in [2.45, 2.75) is 27.2 Å². The molecule has 0 aliphatic heterocycles. The van der Waals surface area contributed by atoms with Gasteiger partial charge in [0.25, 0.3) is 0 Å². The number of carbonyl (C=O) groups is 2. The van der Waals surface area contributed by atoms with Crippen LogP contribution in [0.2, 0.25) is 0 Å². The van der Waals surface area contributed by atoms with Gasteiger partial charge in [0.2, 0.25) is 10.0 Å². The lowest BCUT2D eigenvalue weighted by Gasteiger charge is -2.23. The third-order valence-electron chi connectivity index (χ3n) is 2.57. The summed E-state index contributed by atoms with van der Waals surface area (Å²) in [4.78, 5) is 22.5. The number of rotatable bonds is 7. The standard InChI is InChI=1S/C12H23NO6S/c1-12(2,3)6-7-20(16,17)13(8-10(14)18-4)9-11(15)19-5/h6-9H2,1-5H3. The predicted molar refractivity (Wildman–Crippen MR) is 73.5 cm³/mol. The zero-order valence-corrected chi connectivity index (χ0v) is 13.4. The van der Waals surface area contributed by atoms with Gasteiger partial charge >= 0.3 is 11.9 Å². The molecule has 0 spiro atoms. The molecule has 7 nitrogen and oxygen atoms in total. The van der Waals surface area contributed by atoms with Gasteiger partial charge in [-0.05, 0) is 11.8 Å². The first kappa shape index (κ1) is 18.9. The molecule has 0 aromatic carbocycles. The molecule has 0 unspecified atom stereocenters. The largest absolute Gasteiger partial charge is 0.468 e. The summed E-state index contributed by atoms with van der Waals surface area (Å²) in [6.07, 6.45) is 0.411. The average molecular weight is 309 g/mol. The fourth-order valence-electron chi connectivity index (χ4n) is 1.23. The Labute approximate surface area is 120 Å². The lowest BCUT2D eigenvalue weighted by molar-refractivity contribution is -0.143. The summed E-state index contributed by atoms with van der Waals surface area (Å²) in [5.74, 6) is -1.61. The Hall–Kier alpha value is -1.15. The van der Waals surface area contributed by atoms with Crippen molar-refractivity contribution in [3.05, 3.63) is 0 Å². The number of esters is 2. The maximum atomic E-state index is 12.2. The summed E-state index contributed by atoms with van der Waals surface area (Å²) in [7, 11) is -1.43. The number of methoxy groups -OCH3 is 2. The van der Waals surface area contributed by atoms with Crippen LogP contribution in [-0.2, 0) is 29.1 Å². The minimum atomic E-state index is -3.73. The lowest BCUT2D eigenvalue weighted by atomic mass is 9.94. The van der Waals surface area contributed by atoms with Crippen LogP contribution in [0.15, 0.2) is 0 Å². The fourth-order valence-corrected chi connectivity index (χ4v) is 2.97. The van der Waals surface area contributed by atoms with Gasteiger partial charge in [-0.25, -0.2) is 8.42 Å². The molecule has 0 atom stereocenters. The van der Waals surface area contributed by atoms with Crippen molar-refractivity contribution in [2.24, 2.45) is 5.41 Å². The molecule has 118 valence electrons. The Morgan fingerprint density at radius 2 is 1.40 bits per heavy atom. The number of hydrogen-bond acceptors (Lipinski definition) is 6. The highest BCUT2D eigenvalue weighted by Crippen LogP contribution is 2.20. The van der Waals surface area contributed by atoms with Gasteiger partial charge < -0.3 is 9.47 Å². The third-order valence-corrected chi connectivity index (χ3v) is 4.33. The SMILES string of the molecule is COC(=O)CN(CC(=O)OC)S(=O)(=O)CCC(C)(C)C. The van der Waals surface area contributed by atoms with Crippen LogP contribution < -0.4 is 0 Å². The fraction of sp³-hybridized carbons (Fsp3) is 0.833. The monoisotopic (exact) mass is 309 g/mol. The van der Waals surface area contributed by atoms with Gasteiger partial charge in [-0.3, -0.25) is 9.59 Å². The van der Waals surface area contributed by atoms with E-state index in [0.717, 1.165) is 18.5 Å². The zero-order chi connectivity index (χ0) is 16.0. The van der Waals surface area contributed by atoms with Crippen LogP contribution >= 0.6 is 0 Å². The van der Waals surface area contributed by atoms with Crippen LogP contribution in [0.3, 0.4) is 0 Å². The quantitative estimate of drug-likeness (QED) is 0.632. The van der Waals surface area contributed by atoms with E-state index in [1.54, 1.807) is 0 Å². The number of nitrogens with zero attached hydrogens (tertiary/aromatic N) is 1. The molecule has 0 fully saturated rings. The summed E-state index contributed by atoms with van der Waals surface area (Å²) >= 11 is 0. The van der Waals surface area contributed by atoms with Crippen LogP contribution in [0.1, 0.15) is 27.2 Å². The molecule has 0 bridgehead atoms. The van der Waals surface area contributed by atoms with E-state index in [4.69, 9.17) is 0 Å². The van der Waals surface area contributed by atoms with Gasteiger partial charge in [0.05, 0.1) is 20.0 Å². The Balaban J connectivity index is 4.98. The predicted octanol–water partition coefficient (Wildman–Crippen LogP) is 0.400. The first-order valence-corrected chi connectivity index (χ1v) is 7.74. The van der Waals surface area contributed by atoms with Gasteiger partial charge in [0, 0.05) is 0 Å². The summed E-state index contributed by atoms with van der Waals surface area (Å²) in [5, 5.41) is 0. The Morgan fingerprint density at radius 1 is 1.00 bits per heavy atom. The van der Waals surface area contributed by atoms with Gasteiger partial charge in [-0.1, -0.05) is 20.8 Å². The maximum Gasteiger partial charge on any atom is 0.321 e. The highest BCUT2D eigenvalue weighted by molar-refractivity contribution is 7.89. The van der Waals surface area contributed by atoms with E-state index in [0.29, 0.717) is 6.42 Å². The average Bonchev–Trinajstić information content (AvgIpc) is 2.34. The maximum absolute atomic E-state index is 12.2. The van der Waals surface area contributed by atoms with E-state index in [2.05, 4.69) is 9.47 Å². The van der Waals surface area contributed by atoms with Gasteiger partial charge in [0.1, 0.15) is 13.1 Å². The van der Waals surface area contributed by atoms with Crippen molar-refractivity contribution >= 4 is 22.0 Å². The van der Waals surface area contributed by atoms with Crippen LogP contribution in [0.25, 0.3) is 0 Å². The summed E-state index contributed by atoms with van der Waals surface area (Å²) in [5.41, 5.74) is -0.171. The number of hydrogen-bond donors (Lipinski definition) is 0. The topological polar surface area (TPSA) is 90.0 Å². The molecule has 0 aromatic rings. The molecule has 0 aliphatic carbocycles. The molecule has 20 heavy (non-hydrogen) atoms. The van der Waals surface area contributed by atoms with E-state index in [1.807, 2.05) is 20.8 Å². The zero-order valence-electron chi connectivity index (χ0n) is 12.6. The second-order valence-corrected chi connectivity index (χ2v) is 7.64. The molecule has 0 aromatic heterocycles. The normalized spacial score (nSPS) is 12.3.